The Morgan fingerprint density at radius 1 is 1.30 bits per heavy atom. The molecule has 2 N–H and O–H groups in total. The number of rotatable bonds is 8. The maximum absolute atomic E-state index is 5.00. The van der Waals surface area contributed by atoms with E-state index in [9.17, 15) is 0 Å². The van der Waals surface area contributed by atoms with Crippen LogP contribution in [0.3, 0.4) is 0 Å². The van der Waals surface area contributed by atoms with Gasteiger partial charge in [-0.1, -0.05) is 6.92 Å². The second-order valence-electron chi connectivity index (χ2n) is 5.67. The minimum atomic E-state index is 0.702. The monoisotopic (exact) mass is 284 g/mol. The van der Waals surface area contributed by atoms with Crippen molar-refractivity contribution in [2.75, 3.05) is 53.5 Å². The third kappa shape index (κ3) is 7.70. The molecule has 1 unspecified atom stereocenters. The number of nitrogens with one attached hydrogen (secondary N) is 2. The Balaban J connectivity index is 2.00. The summed E-state index contributed by atoms with van der Waals surface area (Å²) in [5.74, 6) is 1.75. The third-order valence-corrected chi connectivity index (χ3v) is 3.76. The molecule has 0 amide bonds. The molecule has 0 saturated carbocycles. The fourth-order valence-electron chi connectivity index (χ4n) is 2.65. The fraction of sp³-hybridized carbons (Fsp3) is 0.933. The van der Waals surface area contributed by atoms with Gasteiger partial charge >= 0.3 is 0 Å². The van der Waals surface area contributed by atoms with E-state index in [4.69, 9.17) is 4.74 Å². The summed E-state index contributed by atoms with van der Waals surface area (Å²) in [6.07, 6.45) is 5.22. The number of hydrogen-bond acceptors (Lipinski definition) is 3. The van der Waals surface area contributed by atoms with E-state index in [0.29, 0.717) is 6.61 Å². The van der Waals surface area contributed by atoms with E-state index in [2.05, 4.69) is 27.4 Å². The highest BCUT2D eigenvalue weighted by Gasteiger charge is 2.15. The molecule has 0 bridgehead atoms. The van der Waals surface area contributed by atoms with E-state index in [1.54, 1.807) is 14.2 Å². The minimum Gasteiger partial charge on any atom is -0.383 e. The van der Waals surface area contributed by atoms with Crippen LogP contribution in [0, 0.1) is 5.92 Å². The first-order chi connectivity index (χ1) is 9.76. The van der Waals surface area contributed by atoms with Crippen molar-refractivity contribution < 1.29 is 4.74 Å². The summed E-state index contributed by atoms with van der Waals surface area (Å²) >= 11 is 0. The number of likely N-dealkylation sites (tertiary alicyclic amines) is 1. The van der Waals surface area contributed by atoms with Crippen LogP contribution >= 0.6 is 0 Å². The van der Waals surface area contributed by atoms with Gasteiger partial charge in [0.05, 0.1) is 6.61 Å². The molecule has 118 valence electrons. The van der Waals surface area contributed by atoms with Crippen molar-refractivity contribution in [3.05, 3.63) is 0 Å². The van der Waals surface area contributed by atoms with Crippen LogP contribution in [0.2, 0.25) is 0 Å². The lowest BCUT2D eigenvalue weighted by Crippen LogP contribution is -2.39. The molecule has 0 aromatic heterocycles. The van der Waals surface area contributed by atoms with Crippen molar-refractivity contribution in [3.8, 4) is 0 Å². The van der Waals surface area contributed by atoms with Crippen molar-refractivity contribution >= 4 is 5.96 Å². The number of aliphatic imine (C=N–C) groups is 1. The lowest BCUT2D eigenvalue weighted by Gasteiger charge is -2.30. The molecule has 1 rings (SSSR count). The van der Waals surface area contributed by atoms with Gasteiger partial charge in [0.2, 0.25) is 0 Å². The number of piperidine rings is 1. The van der Waals surface area contributed by atoms with Gasteiger partial charge in [-0.3, -0.25) is 4.99 Å². The predicted molar refractivity (Wildman–Crippen MR) is 85.3 cm³/mol. The molecule has 0 aromatic rings. The molecule has 5 heteroatoms. The normalized spacial score (nSPS) is 20.9. The van der Waals surface area contributed by atoms with Crippen LogP contribution in [0.25, 0.3) is 0 Å². The quantitative estimate of drug-likeness (QED) is 0.401. The van der Waals surface area contributed by atoms with Gasteiger partial charge in [-0.2, -0.15) is 0 Å². The van der Waals surface area contributed by atoms with E-state index in [1.165, 1.54) is 45.3 Å². The van der Waals surface area contributed by atoms with Gasteiger partial charge < -0.3 is 20.3 Å². The summed E-state index contributed by atoms with van der Waals surface area (Å²) < 4.78 is 5.00. The molecule has 1 aliphatic heterocycles. The van der Waals surface area contributed by atoms with Crippen molar-refractivity contribution in [3.63, 3.8) is 0 Å². The summed E-state index contributed by atoms with van der Waals surface area (Å²) in [6, 6.07) is 0. The van der Waals surface area contributed by atoms with Crippen LogP contribution in [0.5, 0.6) is 0 Å². The predicted octanol–water partition coefficient (Wildman–Crippen LogP) is 1.31. The van der Waals surface area contributed by atoms with Gasteiger partial charge in [-0.25, -0.2) is 0 Å². The first-order valence-corrected chi connectivity index (χ1v) is 7.92. The Hall–Kier alpha value is -0.810. The van der Waals surface area contributed by atoms with E-state index in [0.717, 1.165) is 25.0 Å². The molecule has 1 heterocycles. The highest BCUT2D eigenvalue weighted by atomic mass is 16.5. The molecule has 1 aliphatic rings. The zero-order chi connectivity index (χ0) is 14.6. The maximum atomic E-state index is 5.00. The summed E-state index contributed by atoms with van der Waals surface area (Å²) in [5.41, 5.74) is 0. The molecule has 1 atom stereocenters. The molecule has 0 spiro atoms. The van der Waals surface area contributed by atoms with E-state index < -0.39 is 0 Å². The van der Waals surface area contributed by atoms with Crippen LogP contribution < -0.4 is 10.6 Å². The maximum Gasteiger partial charge on any atom is 0.191 e. The number of methoxy groups -OCH3 is 1. The van der Waals surface area contributed by atoms with Gasteiger partial charge in [-0.15, -0.1) is 0 Å². The highest BCUT2D eigenvalue weighted by Crippen LogP contribution is 2.15. The van der Waals surface area contributed by atoms with E-state index in [-0.39, 0.29) is 0 Å². The Labute approximate surface area is 124 Å². The number of ether oxygens (including phenoxy) is 1. The molecule has 20 heavy (non-hydrogen) atoms. The second kappa shape index (κ2) is 10.9. The molecule has 0 aromatic carbocycles. The summed E-state index contributed by atoms with van der Waals surface area (Å²) in [7, 11) is 3.51. The molecular formula is C15H32N4O. The number of unbranched alkanes of at least 4 members (excludes halogenated alkanes) is 1. The summed E-state index contributed by atoms with van der Waals surface area (Å²) in [5, 5.41) is 6.56. The first kappa shape index (κ1) is 17.2. The molecule has 0 aliphatic carbocycles. The Morgan fingerprint density at radius 2 is 2.10 bits per heavy atom. The van der Waals surface area contributed by atoms with Crippen LogP contribution in [0.4, 0.5) is 0 Å². The zero-order valence-electron chi connectivity index (χ0n) is 13.5. The second-order valence-corrected chi connectivity index (χ2v) is 5.67. The standard InChI is InChI=1S/C15H32N4O/c1-14-7-6-11-19(13-14)10-5-4-8-17-15(16-2)18-9-12-20-3/h14H,4-13H2,1-3H3,(H2,16,17,18). The van der Waals surface area contributed by atoms with Gasteiger partial charge in [0, 0.05) is 33.8 Å². The van der Waals surface area contributed by atoms with E-state index >= 15 is 0 Å². The fourth-order valence-corrected chi connectivity index (χ4v) is 2.65. The molecular weight excluding hydrogens is 252 g/mol. The van der Waals surface area contributed by atoms with Crippen LogP contribution in [0.1, 0.15) is 32.6 Å². The minimum absolute atomic E-state index is 0.702. The molecule has 0 radical (unpaired) electrons. The molecule has 5 nitrogen and oxygen atoms in total. The average molecular weight is 284 g/mol. The topological polar surface area (TPSA) is 48.9 Å². The van der Waals surface area contributed by atoms with Crippen molar-refractivity contribution in [1.29, 1.82) is 0 Å². The average Bonchev–Trinajstić information content (AvgIpc) is 2.45. The number of hydrogen-bond donors (Lipinski definition) is 2. The van der Waals surface area contributed by atoms with Crippen LogP contribution in [-0.4, -0.2) is 64.3 Å². The smallest absolute Gasteiger partial charge is 0.191 e. The molecule has 1 saturated heterocycles. The first-order valence-electron chi connectivity index (χ1n) is 7.92. The van der Waals surface area contributed by atoms with Gasteiger partial charge in [0.1, 0.15) is 0 Å². The van der Waals surface area contributed by atoms with Crippen molar-refractivity contribution in [2.45, 2.75) is 32.6 Å². The lowest BCUT2D eigenvalue weighted by atomic mass is 10.0. The van der Waals surface area contributed by atoms with Crippen LogP contribution in [-0.2, 0) is 4.74 Å². The van der Waals surface area contributed by atoms with E-state index in [1.807, 2.05) is 0 Å². The van der Waals surface area contributed by atoms with Gasteiger partial charge in [0.15, 0.2) is 5.96 Å². The summed E-state index contributed by atoms with van der Waals surface area (Å²) in [4.78, 5) is 6.80. The van der Waals surface area contributed by atoms with Crippen molar-refractivity contribution in [2.24, 2.45) is 10.9 Å². The Morgan fingerprint density at radius 3 is 2.80 bits per heavy atom. The largest absolute Gasteiger partial charge is 0.383 e. The number of nitrogens with zero attached hydrogens (tertiary/aromatic N) is 2. The molecule has 1 fully saturated rings. The number of guanidine groups is 1. The zero-order valence-corrected chi connectivity index (χ0v) is 13.5. The Kier molecular flexibility index (Phi) is 9.41. The lowest BCUT2D eigenvalue weighted by molar-refractivity contribution is 0.181. The van der Waals surface area contributed by atoms with Crippen molar-refractivity contribution in [1.82, 2.24) is 15.5 Å². The SMILES string of the molecule is CN=C(NCCCCN1CCCC(C)C1)NCCOC. The Bertz CT molecular complexity index is 271. The third-order valence-electron chi connectivity index (χ3n) is 3.76. The van der Waals surface area contributed by atoms with Crippen LogP contribution in [0.15, 0.2) is 4.99 Å². The van der Waals surface area contributed by atoms with Gasteiger partial charge in [0.25, 0.3) is 0 Å². The highest BCUT2D eigenvalue weighted by molar-refractivity contribution is 5.79. The summed E-state index contributed by atoms with van der Waals surface area (Å²) in [6.45, 7) is 8.66. The van der Waals surface area contributed by atoms with Gasteiger partial charge in [-0.05, 0) is 44.7 Å².